The lowest BCUT2D eigenvalue weighted by molar-refractivity contribution is 0.102. The van der Waals surface area contributed by atoms with E-state index in [0.717, 1.165) is 0 Å². The van der Waals surface area contributed by atoms with E-state index in [9.17, 15) is 9.18 Å². The van der Waals surface area contributed by atoms with Crippen LogP contribution in [-0.2, 0) is 0 Å². The Morgan fingerprint density at radius 3 is 2.74 bits per heavy atom. The normalized spacial score (nSPS) is 10.7. The number of anilines is 1. The smallest absolute Gasteiger partial charge is 0.260 e. The predicted molar refractivity (Wildman–Crippen MR) is 100 cm³/mol. The van der Waals surface area contributed by atoms with E-state index in [0.29, 0.717) is 16.5 Å². The molecule has 0 aliphatic carbocycles. The Balaban J connectivity index is 1.58. The molecule has 2 aromatic heterocycles. The van der Waals surface area contributed by atoms with Gasteiger partial charge in [-0.1, -0.05) is 29.8 Å². The zero-order chi connectivity index (χ0) is 18.8. The van der Waals surface area contributed by atoms with Crippen LogP contribution in [0.25, 0.3) is 11.4 Å². The predicted octanol–water partition coefficient (Wildman–Crippen LogP) is 4.10. The molecule has 6 nitrogen and oxygen atoms in total. The lowest BCUT2D eigenvalue weighted by Crippen LogP contribution is -2.14. The molecule has 8 heteroatoms. The number of halogens is 2. The first kappa shape index (κ1) is 17.0. The van der Waals surface area contributed by atoms with Crippen molar-refractivity contribution in [2.24, 2.45) is 0 Å². The largest absolute Gasteiger partial charge is 0.306 e. The number of hydrogen-bond donors (Lipinski definition) is 1. The van der Waals surface area contributed by atoms with Crippen LogP contribution in [0.3, 0.4) is 0 Å². The number of amides is 1. The SMILES string of the molecule is O=C(Nc1ccnn1-c1cccc(Cl)c1)c1cnn(-c2ccccc2F)c1. The van der Waals surface area contributed by atoms with Crippen molar-refractivity contribution in [3.63, 3.8) is 0 Å². The fourth-order valence-electron chi connectivity index (χ4n) is 2.61. The maximum atomic E-state index is 13.9. The summed E-state index contributed by atoms with van der Waals surface area (Å²) in [6.45, 7) is 0. The first-order chi connectivity index (χ1) is 13.1. The summed E-state index contributed by atoms with van der Waals surface area (Å²) >= 11 is 6.02. The van der Waals surface area contributed by atoms with Crippen LogP contribution >= 0.6 is 11.6 Å². The number of benzene rings is 2. The highest BCUT2D eigenvalue weighted by atomic mass is 35.5. The van der Waals surface area contributed by atoms with Crippen LogP contribution in [0, 0.1) is 5.82 Å². The first-order valence-corrected chi connectivity index (χ1v) is 8.40. The molecule has 0 fully saturated rings. The summed E-state index contributed by atoms with van der Waals surface area (Å²) in [7, 11) is 0. The van der Waals surface area contributed by atoms with Crippen molar-refractivity contribution in [1.29, 1.82) is 0 Å². The van der Waals surface area contributed by atoms with Crippen molar-refractivity contribution in [1.82, 2.24) is 19.6 Å². The summed E-state index contributed by atoms with van der Waals surface area (Å²) in [6.07, 6.45) is 4.41. The van der Waals surface area contributed by atoms with E-state index in [4.69, 9.17) is 11.6 Å². The third-order valence-corrected chi connectivity index (χ3v) is 4.12. The highest BCUT2D eigenvalue weighted by Crippen LogP contribution is 2.19. The number of carbonyl (C=O) groups excluding carboxylic acids is 1. The molecule has 0 saturated carbocycles. The number of rotatable bonds is 4. The van der Waals surface area contributed by atoms with E-state index in [1.165, 1.54) is 23.1 Å². The molecule has 0 unspecified atom stereocenters. The average Bonchev–Trinajstić information content (AvgIpc) is 3.32. The number of nitrogens with one attached hydrogen (secondary N) is 1. The van der Waals surface area contributed by atoms with Crippen LogP contribution in [0.15, 0.2) is 73.2 Å². The molecule has 0 spiro atoms. The van der Waals surface area contributed by atoms with Crippen molar-refractivity contribution in [3.8, 4) is 11.4 Å². The van der Waals surface area contributed by atoms with Gasteiger partial charge in [-0.15, -0.1) is 0 Å². The summed E-state index contributed by atoms with van der Waals surface area (Å²) < 4.78 is 16.8. The van der Waals surface area contributed by atoms with Crippen LogP contribution < -0.4 is 5.32 Å². The average molecular weight is 382 g/mol. The van der Waals surface area contributed by atoms with Gasteiger partial charge in [-0.05, 0) is 30.3 Å². The molecular formula is C19H13ClFN5O. The lowest BCUT2D eigenvalue weighted by Gasteiger charge is -2.08. The van der Waals surface area contributed by atoms with Crippen molar-refractivity contribution in [2.75, 3.05) is 5.32 Å². The number of carbonyl (C=O) groups is 1. The molecule has 0 aliphatic heterocycles. The second-order valence-corrected chi connectivity index (χ2v) is 6.12. The van der Waals surface area contributed by atoms with Gasteiger partial charge in [0.1, 0.15) is 17.3 Å². The van der Waals surface area contributed by atoms with Gasteiger partial charge in [-0.2, -0.15) is 10.2 Å². The molecule has 2 heterocycles. The van der Waals surface area contributed by atoms with Gasteiger partial charge in [0, 0.05) is 17.3 Å². The maximum absolute atomic E-state index is 13.9. The molecule has 2 aromatic carbocycles. The number of nitrogens with zero attached hydrogens (tertiary/aromatic N) is 4. The summed E-state index contributed by atoms with van der Waals surface area (Å²) in [5.74, 6) is -0.339. The number of hydrogen-bond acceptors (Lipinski definition) is 3. The highest BCUT2D eigenvalue weighted by molar-refractivity contribution is 6.30. The topological polar surface area (TPSA) is 64.7 Å². The maximum Gasteiger partial charge on any atom is 0.260 e. The molecule has 0 saturated heterocycles. The molecule has 1 amide bonds. The summed E-state index contributed by atoms with van der Waals surface area (Å²) in [6, 6.07) is 15.0. The van der Waals surface area contributed by atoms with Crippen LogP contribution in [0.2, 0.25) is 5.02 Å². The Morgan fingerprint density at radius 2 is 1.93 bits per heavy atom. The minimum absolute atomic E-state index is 0.264. The zero-order valence-corrected chi connectivity index (χ0v) is 14.6. The summed E-state index contributed by atoms with van der Waals surface area (Å²) in [5, 5.41) is 11.6. The van der Waals surface area contributed by atoms with Gasteiger partial charge in [0.15, 0.2) is 0 Å². The van der Waals surface area contributed by atoms with E-state index in [-0.39, 0.29) is 17.2 Å². The second kappa shape index (κ2) is 7.05. The Labute approximate surface area is 158 Å². The van der Waals surface area contributed by atoms with E-state index in [1.54, 1.807) is 53.3 Å². The molecule has 0 aliphatic rings. The van der Waals surface area contributed by atoms with Gasteiger partial charge in [0.2, 0.25) is 0 Å². The van der Waals surface area contributed by atoms with Crippen molar-refractivity contribution in [2.45, 2.75) is 0 Å². The Hall–Kier alpha value is -3.45. The summed E-state index contributed by atoms with van der Waals surface area (Å²) in [5.41, 5.74) is 1.27. The van der Waals surface area contributed by atoms with Gasteiger partial charge < -0.3 is 5.32 Å². The number of aromatic nitrogens is 4. The second-order valence-electron chi connectivity index (χ2n) is 5.69. The van der Waals surface area contributed by atoms with E-state index >= 15 is 0 Å². The quantitative estimate of drug-likeness (QED) is 0.578. The molecule has 4 rings (SSSR count). The third kappa shape index (κ3) is 3.45. The molecule has 27 heavy (non-hydrogen) atoms. The standard InChI is InChI=1S/C19H13ClFN5O/c20-14-4-3-5-15(10-14)26-18(8-9-22-26)24-19(27)13-11-23-25(12-13)17-7-2-1-6-16(17)21/h1-12H,(H,24,27). The monoisotopic (exact) mass is 381 g/mol. The van der Waals surface area contributed by atoms with Gasteiger partial charge in [-0.3, -0.25) is 4.79 Å². The molecule has 4 aromatic rings. The first-order valence-electron chi connectivity index (χ1n) is 8.03. The zero-order valence-electron chi connectivity index (χ0n) is 13.9. The summed E-state index contributed by atoms with van der Waals surface area (Å²) in [4.78, 5) is 12.6. The van der Waals surface area contributed by atoms with Gasteiger partial charge in [0.05, 0.1) is 23.6 Å². The lowest BCUT2D eigenvalue weighted by atomic mass is 10.3. The molecular weight excluding hydrogens is 369 g/mol. The molecule has 0 atom stereocenters. The van der Waals surface area contributed by atoms with Crippen molar-refractivity contribution >= 4 is 23.3 Å². The fourth-order valence-corrected chi connectivity index (χ4v) is 2.79. The molecule has 1 N–H and O–H groups in total. The third-order valence-electron chi connectivity index (χ3n) is 3.88. The molecule has 134 valence electrons. The Morgan fingerprint density at radius 1 is 1.07 bits per heavy atom. The van der Waals surface area contributed by atoms with Crippen LogP contribution in [0.1, 0.15) is 10.4 Å². The van der Waals surface area contributed by atoms with E-state index < -0.39 is 5.82 Å². The van der Waals surface area contributed by atoms with Gasteiger partial charge in [0.25, 0.3) is 5.91 Å². The van der Waals surface area contributed by atoms with E-state index in [2.05, 4.69) is 15.5 Å². The van der Waals surface area contributed by atoms with Gasteiger partial charge in [-0.25, -0.2) is 13.8 Å². The molecule has 0 radical (unpaired) electrons. The number of para-hydroxylation sites is 1. The minimum Gasteiger partial charge on any atom is -0.306 e. The van der Waals surface area contributed by atoms with Crippen molar-refractivity contribution < 1.29 is 9.18 Å². The van der Waals surface area contributed by atoms with Gasteiger partial charge >= 0.3 is 0 Å². The Bertz CT molecular complexity index is 1120. The Kier molecular flexibility index (Phi) is 4.43. The highest BCUT2D eigenvalue weighted by Gasteiger charge is 2.14. The van der Waals surface area contributed by atoms with E-state index in [1.807, 2.05) is 6.07 Å². The van der Waals surface area contributed by atoms with Crippen LogP contribution in [-0.4, -0.2) is 25.5 Å². The van der Waals surface area contributed by atoms with Crippen LogP contribution in [0.4, 0.5) is 10.2 Å². The molecule has 0 bridgehead atoms. The van der Waals surface area contributed by atoms with Crippen LogP contribution in [0.5, 0.6) is 0 Å². The van der Waals surface area contributed by atoms with Crippen molar-refractivity contribution in [3.05, 3.63) is 89.6 Å². The minimum atomic E-state index is -0.424. The fraction of sp³-hybridized carbons (Fsp3) is 0.